The molecule has 1 saturated carbocycles. The van der Waals surface area contributed by atoms with Gasteiger partial charge in [0.05, 0.1) is 0 Å². The second-order valence-corrected chi connectivity index (χ2v) is 5.53. The maximum atomic E-state index is 10.3. The molecule has 0 spiro atoms. The summed E-state index contributed by atoms with van der Waals surface area (Å²) >= 11 is 0. The number of nitrogens with two attached hydrogens (primary N) is 1. The molecule has 104 valence electrons. The van der Waals surface area contributed by atoms with Crippen LogP contribution in [0.15, 0.2) is 12.1 Å². The summed E-state index contributed by atoms with van der Waals surface area (Å²) in [5, 5.41) is 10.3. The number of benzene rings is 1. The number of hydrogen-bond donors (Lipinski definition) is 2. The molecule has 0 radical (unpaired) electrons. The Kier molecular flexibility index (Phi) is 3.27. The van der Waals surface area contributed by atoms with E-state index >= 15 is 0 Å². The zero-order valence-corrected chi connectivity index (χ0v) is 11.2. The lowest BCUT2D eigenvalue weighted by molar-refractivity contribution is 0.162. The molecule has 1 aliphatic heterocycles. The van der Waals surface area contributed by atoms with Gasteiger partial charge in [-0.15, -0.1) is 0 Å². The summed E-state index contributed by atoms with van der Waals surface area (Å²) in [5.41, 5.74) is 6.77. The Morgan fingerprint density at radius 2 is 1.84 bits per heavy atom. The minimum atomic E-state index is -0.158. The highest BCUT2D eigenvalue weighted by Crippen LogP contribution is 2.50. The fourth-order valence-electron chi connectivity index (χ4n) is 3.40. The standard InChI is InChI=1S/C15H21NO3/c16-10-15(6-2-1-3-7-15)13-11(17)4-5-12-14(13)19-9-8-18-12/h4-5,17H,1-3,6-10,16H2. The van der Waals surface area contributed by atoms with Crippen LogP contribution >= 0.6 is 0 Å². The molecule has 1 aliphatic carbocycles. The number of ether oxygens (including phenoxy) is 2. The Bertz CT molecular complexity index is 467. The van der Waals surface area contributed by atoms with Crippen molar-refractivity contribution in [1.82, 2.24) is 0 Å². The molecule has 19 heavy (non-hydrogen) atoms. The molecule has 4 heteroatoms. The van der Waals surface area contributed by atoms with Gasteiger partial charge in [-0.25, -0.2) is 0 Å². The maximum absolute atomic E-state index is 10.3. The van der Waals surface area contributed by atoms with Crippen molar-refractivity contribution < 1.29 is 14.6 Å². The van der Waals surface area contributed by atoms with Crippen molar-refractivity contribution in [2.45, 2.75) is 37.5 Å². The van der Waals surface area contributed by atoms with Crippen LogP contribution in [-0.2, 0) is 5.41 Å². The van der Waals surface area contributed by atoms with Crippen LogP contribution in [0.1, 0.15) is 37.7 Å². The predicted octanol–water partition coefficient (Wildman–Crippen LogP) is 2.32. The van der Waals surface area contributed by atoms with Gasteiger partial charge >= 0.3 is 0 Å². The lowest BCUT2D eigenvalue weighted by Crippen LogP contribution is -2.38. The Hall–Kier alpha value is -1.42. The lowest BCUT2D eigenvalue weighted by Gasteiger charge is -2.39. The van der Waals surface area contributed by atoms with Crippen molar-refractivity contribution in [2.75, 3.05) is 19.8 Å². The van der Waals surface area contributed by atoms with E-state index < -0.39 is 0 Å². The quantitative estimate of drug-likeness (QED) is 0.859. The first-order chi connectivity index (χ1) is 9.27. The van der Waals surface area contributed by atoms with Crippen LogP contribution in [0.2, 0.25) is 0 Å². The van der Waals surface area contributed by atoms with Gasteiger partial charge in [-0.1, -0.05) is 19.3 Å². The third kappa shape index (κ3) is 2.04. The van der Waals surface area contributed by atoms with Gasteiger partial charge in [-0.2, -0.15) is 0 Å². The number of rotatable bonds is 2. The van der Waals surface area contributed by atoms with Gasteiger partial charge < -0.3 is 20.3 Å². The molecular weight excluding hydrogens is 242 g/mol. The average molecular weight is 263 g/mol. The number of hydrogen-bond acceptors (Lipinski definition) is 4. The number of fused-ring (bicyclic) bond motifs is 1. The molecule has 1 fully saturated rings. The van der Waals surface area contributed by atoms with E-state index in [1.165, 1.54) is 6.42 Å². The van der Waals surface area contributed by atoms with Crippen molar-refractivity contribution in [3.63, 3.8) is 0 Å². The third-order valence-corrected chi connectivity index (χ3v) is 4.42. The zero-order chi connectivity index (χ0) is 13.3. The topological polar surface area (TPSA) is 64.7 Å². The van der Waals surface area contributed by atoms with Crippen LogP contribution in [-0.4, -0.2) is 24.9 Å². The predicted molar refractivity (Wildman–Crippen MR) is 72.9 cm³/mol. The summed E-state index contributed by atoms with van der Waals surface area (Å²) < 4.78 is 11.4. The summed E-state index contributed by atoms with van der Waals surface area (Å²) in [5.74, 6) is 1.73. The Morgan fingerprint density at radius 3 is 2.58 bits per heavy atom. The molecule has 0 bridgehead atoms. The Morgan fingerprint density at radius 1 is 1.11 bits per heavy atom. The highest BCUT2D eigenvalue weighted by atomic mass is 16.6. The van der Waals surface area contributed by atoms with E-state index in [1.54, 1.807) is 12.1 Å². The van der Waals surface area contributed by atoms with Crippen molar-refractivity contribution >= 4 is 0 Å². The monoisotopic (exact) mass is 263 g/mol. The van der Waals surface area contributed by atoms with Crippen LogP contribution in [0.5, 0.6) is 17.2 Å². The summed E-state index contributed by atoms with van der Waals surface area (Å²) in [7, 11) is 0. The highest BCUT2D eigenvalue weighted by Gasteiger charge is 2.39. The van der Waals surface area contributed by atoms with E-state index in [9.17, 15) is 5.11 Å². The van der Waals surface area contributed by atoms with Crippen LogP contribution in [0, 0.1) is 0 Å². The van der Waals surface area contributed by atoms with E-state index in [0.717, 1.165) is 37.0 Å². The zero-order valence-electron chi connectivity index (χ0n) is 11.2. The van der Waals surface area contributed by atoms with Gasteiger partial charge in [0.15, 0.2) is 11.5 Å². The normalized spacial score (nSPS) is 21.1. The van der Waals surface area contributed by atoms with Crippen LogP contribution < -0.4 is 15.2 Å². The van der Waals surface area contributed by atoms with Gasteiger partial charge in [0, 0.05) is 17.5 Å². The molecule has 3 rings (SSSR count). The average Bonchev–Trinajstić information content (AvgIpc) is 2.48. The minimum absolute atomic E-state index is 0.158. The van der Waals surface area contributed by atoms with E-state index in [-0.39, 0.29) is 11.2 Å². The molecule has 4 nitrogen and oxygen atoms in total. The first-order valence-electron chi connectivity index (χ1n) is 7.09. The molecule has 1 aromatic rings. The van der Waals surface area contributed by atoms with Gasteiger partial charge in [0.25, 0.3) is 0 Å². The molecular formula is C15H21NO3. The Balaban J connectivity index is 2.11. The summed E-state index contributed by atoms with van der Waals surface area (Å²) in [6.07, 6.45) is 5.57. The summed E-state index contributed by atoms with van der Waals surface area (Å²) in [6.45, 7) is 1.64. The Labute approximate surface area is 113 Å². The van der Waals surface area contributed by atoms with Crippen molar-refractivity contribution in [2.24, 2.45) is 5.73 Å². The molecule has 0 atom stereocenters. The minimum Gasteiger partial charge on any atom is -0.508 e. The number of aromatic hydroxyl groups is 1. The largest absolute Gasteiger partial charge is 0.508 e. The number of phenols is 1. The van der Waals surface area contributed by atoms with E-state index in [1.807, 2.05) is 0 Å². The van der Waals surface area contributed by atoms with E-state index in [4.69, 9.17) is 15.2 Å². The second kappa shape index (κ2) is 4.93. The van der Waals surface area contributed by atoms with E-state index in [2.05, 4.69) is 0 Å². The summed E-state index contributed by atoms with van der Waals surface area (Å²) in [4.78, 5) is 0. The van der Waals surface area contributed by atoms with Crippen molar-refractivity contribution in [3.05, 3.63) is 17.7 Å². The maximum Gasteiger partial charge on any atom is 0.168 e. The molecule has 1 heterocycles. The second-order valence-electron chi connectivity index (χ2n) is 5.53. The lowest BCUT2D eigenvalue weighted by atomic mass is 9.68. The van der Waals surface area contributed by atoms with Gasteiger partial charge in [0.1, 0.15) is 19.0 Å². The first kappa shape index (κ1) is 12.6. The molecule has 3 N–H and O–H groups in total. The van der Waals surface area contributed by atoms with Crippen LogP contribution in [0.4, 0.5) is 0 Å². The first-order valence-corrected chi connectivity index (χ1v) is 7.09. The molecule has 0 saturated heterocycles. The third-order valence-electron chi connectivity index (χ3n) is 4.42. The fraction of sp³-hybridized carbons (Fsp3) is 0.600. The van der Waals surface area contributed by atoms with E-state index in [0.29, 0.717) is 25.5 Å². The summed E-state index contributed by atoms with van der Waals surface area (Å²) in [6, 6.07) is 3.48. The van der Waals surface area contributed by atoms with Gasteiger partial charge in [0.2, 0.25) is 0 Å². The van der Waals surface area contributed by atoms with Gasteiger partial charge in [-0.3, -0.25) is 0 Å². The molecule has 1 aromatic carbocycles. The van der Waals surface area contributed by atoms with Crippen LogP contribution in [0.25, 0.3) is 0 Å². The molecule has 0 amide bonds. The highest BCUT2D eigenvalue weighted by molar-refractivity contribution is 5.57. The smallest absolute Gasteiger partial charge is 0.168 e. The van der Waals surface area contributed by atoms with Crippen molar-refractivity contribution in [3.8, 4) is 17.2 Å². The molecule has 0 unspecified atom stereocenters. The van der Waals surface area contributed by atoms with Crippen LogP contribution in [0.3, 0.4) is 0 Å². The number of phenolic OH excluding ortho intramolecular Hbond substituents is 1. The fourth-order valence-corrected chi connectivity index (χ4v) is 3.40. The molecule has 0 aromatic heterocycles. The SMILES string of the molecule is NCC1(c2c(O)ccc3c2OCCO3)CCCCC1. The molecule has 2 aliphatic rings. The van der Waals surface area contributed by atoms with Gasteiger partial charge in [-0.05, 0) is 25.0 Å². The van der Waals surface area contributed by atoms with Crippen molar-refractivity contribution in [1.29, 1.82) is 0 Å².